The zero-order valence-corrected chi connectivity index (χ0v) is 12.5. The van der Waals surface area contributed by atoms with E-state index in [1.807, 2.05) is 17.4 Å². The Bertz CT molecular complexity index is 528. The molecule has 0 spiro atoms. The molecule has 2 aromatic rings. The first-order chi connectivity index (χ1) is 9.10. The van der Waals surface area contributed by atoms with Crippen LogP contribution in [0.4, 0.5) is 4.39 Å². The largest absolute Gasteiger partial charge is 0.305 e. The maximum atomic E-state index is 13.3. The van der Waals surface area contributed by atoms with Crippen molar-refractivity contribution in [3.8, 4) is 0 Å². The van der Waals surface area contributed by atoms with Gasteiger partial charge in [0.15, 0.2) is 0 Å². The van der Waals surface area contributed by atoms with Crippen molar-refractivity contribution in [3.63, 3.8) is 0 Å². The van der Waals surface area contributed by atoms with Crippen LogP contribution >= 0.6 is 11.3 Å². The van der Waals surface area contributed by atoms with Crippen molar-refractivity contribution in [3.05, 3.63) is 57.0 Å². The lowest BCUT2D eigenvalue weighted by Crippen LogP contribution is -2.19. The molecule has 1 atom stereocenters. The SMILES string of the molecule is CCC(NCc1cc(C)c(C)s1)c1cccc(F)c1. The summed E-state index contributed by atoms with van der Waals surface area (Å²) in [6.45, 7) is 7.24. The highest BCUT2D eigenvalue weighted by Gasteiger charge is 2.10. The van der Waals surface area contributed by atoms with Gasteiger partial charge in [0.1, 0.15) is 5.82 Å². The van der Waals surface area contributed by atoms with Crippen molar-refractivity contribution in [2.45, 2.75) is 39.8 Å². The molecular formula is C16H20FNS. The Morgan fingerprint density at radius 3 is 2.63 bits per heavy atom. The molecule has 0 saturated heterocycles. The fourth-order valence-electron chi connectivity index (χ4n) is 2.18. The molecule has 3 heteroatoms. The second-order valence-electron chi connectivity index (χ2n) is 4.85. The van der Waals surface area contributed by atoms with Crippen LogP contribution in [0.3, 0.4) is 0 Å². The van der Waals surface area contributed by atoms with Crippen LogP contribution in [0.25, 0.3) is 0 Å². The molecule has 0 saturated carbocycles. The van der Waals surface area contributed by atoms with Crippen molar-refractivity contribution >= 4 is 11.3 Å². The van der Waals surface area contributed by atoms with E-state index in [4.69, 9.17) is 0 Å². The number of hydrogen-bond donors (Lipinski definition) is 1. The summed E-state index contributed by atoms with van der Waals surface area (Å²) in [5, 5.41) is 3.51. The molecule has 0 bridgehead atoms. The first-order valence-corrected chi connectivity index (χ1v) is 7.46. The fraction of sp³-hybridized carbons (Fsp3) is 0.375. The maximum absolute atomic E-state index is 13.3. The third-order valence-electron chi connectivity index (χ3n) is 3.40. The molecular weight excluding hydrogens is 257 g/mol. The minimum Gasteiger partial charge on any atom is -0.305 e. The van der Waals surface area contributed by atoms with Crippen LogP contribution in [-0.2, 0) is 6.54 Å². The molecule has 1 heterocycles. The second kappa shape index (κ2) is 6.31. The molecule has 0 aliphatic carbocycles. The molecule has 102 valence electrons. The Kier molecular flexibility index (Phi) is 4.72. The molecule has 0 aliphatic heterocycles. The molecule has 2 rings (SSSR count). The zero-order valence-electron chi connectivity index (χ0n) is 11.7. The molecule has 1 unspecified atom stereocenters. The van der Waals surface area contributed by atoms with Crippen molar-refractivity contribution < 1.29 is 4.39 Å². The van der Waals surface area contributed by atoms with E-state index >= 15 is 0 Å². The average molecular weight is 277 g/mol. The molecule has 0 amide bonds. The number of rotatable bonds is 5. The van der Waals surface area contributed by atoms with Crippen molar-refractivity contribution in [1.29, 1.82) is 0 Å². The number of benzene rings is 1. The predicted octanol–water partition coefficient (Wildman–Crippen LogP) is 4.74. The molecule has 1 aromatic heterocycles. The van der Waals surface area contributed by atoms with E-state index in [-0.39, 0.29) is 11.9 Å². The summed E-state index contributed by atoms with van der Waals surface area (Å²) in [6.07, 6.45) is 0.951. The maximum Gasteiger partial charge on any atom is 0.123 e. The van der Waals surface area contributed by atoms with Gasteiger partial charge in [-0.25, -0.2) is 4.39 Å². The first-order valence-electron chi connectivity index (χ1n) is 6.65. The highest BCUT2D eigenvalue weighted by atomic mass is 32.1. The zero-order chi connectivity index (χ0) is 13.8. The minimum atomic E-state index is -0.166. The van der Waals surface area contributed by atoms with Gasteiger partial charge in [-0.2, -0.15) is 0 Å². The molecule has 0 radical (unpaired) electrons. The van der Waals surface area contributed by atoms with Crippen LogP contribution in [0, 0.1) is 19.7 Å². The highest BCUT2D eigenvalue weighted by molar-refractivity contribution is 7.12. The summed E-state index contributed by atoms with van der Waals surface area (Å²) < 4.78 is 13.3. The summed E-state index contributed by atoms with van der Waals surface area (Å²) in [5.41, 5.74) is 2.37. The molecule has 0 aliphatic rings. The van der Waals surface area contributed by atoms with Crippen molar-refractivity contribution in [2.24, 2.45) is 0 Å². The van der Waals surface area contributed by atoms with E-state index in [0.717, 1.165) is 18.5 Å². The summed E-state index contributed by atoms with van der Waals surface area (Å²) in [5.74, 6) is -0.166. The van der Waals surface area contributed by atoms with E-state index in [1.54, 1.807) is 12.1 Å². The van der Waals surface area contributed by atoms with Gasteiger partial charge in [0.25, 0.3) is 0 Å². The Morgan fingerprint density at radius 2 is 2.05 bits per heavy atom. The van der Waals surface area contributed by atoms with Gasteiger partial charge in [-0.15, -0.1) is 11.3 Å². The van der Waals surface area contributed by atoms with Crippen LogP contribution in [-0.4, -0.2) is 0 Å². The topological polar surface area (TPSA) is 12.0 Å². The first kappa shape index (κ1) is 14.2. The van der Waals surface area contributed by atoms with Crippen LogP contribution < -0.4 is 5.32 Å². The van der Waals surface area contributed by atoms with Crippen molar-refractivity contribution in [2.75, 3.05) is 0 Å². The summed E-state index contributed by atoms with van der Waals surface area (Å²) in [7, 11) is 0. The minimum absolute atomic E-state index is 0.166. The number of halogens is 1. The number of aryl methyl sites for hydroxylation is 2. The van der Waals surface area contributed by atoms with Gasteiger partial charge in [-0.05, 0) is 49.6 Å². The monoisotopic (exact) mass is 277 g/mol. The van der Waals surface area contributed by atoms with Crippen LogP contribution in [0.15, 0.2) is 30.3 Å². The standard InChI is InChI=1S/C16H20FNS/c1-4-16(13-6-5-7-14(17)9-13)18-10-15-8-11(2)12(3)19-15/h5-9,16,18H,4,10H2,1-3H3. The molecule has 1 nitrogen and oxygen atoms in total. The second-order valence-corrected chi connectivity index (χ2v) is 6.19. The predicted molar refractivity (Wildman–Crippen MR) is 80.1 cm³/mol. The van der Waals surface area contributed by atoms with Crippen LogP contribution in [0.2, 0.25) is 0 Å². The van der Waals surface area contributed by atoms with Gasteiger partial charge in [0.05, 0.1) is 0 Å². The third kappa shape index (κ3) is 3.64. The highest BCUT2D eigenvalue weighted by Crippen LogP contribution is 2.23. The average Bonchev–Trinajstić information content (AvgIpc) is 2.70. The van der Waals surface area contributed by atoms with Gasteiger partial charge in [0.2, 0.25) is 0 Å². The van der Waals surface area contributed by atoms with Gasteiger partial charge in [0, 0.05) is 22.3 Å². The molecule has 1 aromatic carbocycles. The van der Waals surface area contributed by atoms with Crippen molar-refractivity contribution in [1.82, 2.24) is 5.32 Å². The molecule has 0 fully saturated rings. The lowest BCUT2D eigenvalue weighted by Gasteiger charge is -2.17. The Labute approximate surface area is 118 Å². The van der Waals surface area contributed by atoms with E-state index < -0.39 is 0 Å². The fourth-order valence-corrected chi connectivity index (χ4v) is 3.19. The van der Waals surface area contributed by atoms with Crippen LogP contribution in [0.1, 0.15) is 40.3 Å². The molecule has 19 heavy (non-hydrogen) atoms. The van der Waals surface area contributed by atoms with Gasteiger partial charge < -0.3 is 5.32 Å². The third-order valence-corrected chi connectivity index (χ3v) is 4.55. The van der Waals surface area contributed by atoms with E-state index in [0.29, 0.717) is 0 Å². The summed E-state index contributed by atoms with van der Waals surface area (Å²) in [6, 6.07) is 9.29. The Balaban J connectivity index is 2.03. The van der Waals surface area contributed by atoms with Gasteiger partial charge >= 0.3 is 0 Å². The Hall–Kier alpha value is -1.19. The number of thiophene rings is 1. The van der Waals surface area contributed by atoms with Crippen LogP contribution in [0.5, 0.6) is 0 Å². The number of hydrogen-bond acceptors (Lipinski definition) is 2. The normalized spacial score (nSPS) is 12.6. The van der Waals surface area contributed by atoms with E-state index in [9.17, 15) is 4.39 Å². The lowest BCUT2D eigenvalue weighted by molar-refractivity contribution is 0.517. The Morgan fingerprint density at radius 1 is 1.26 bits per heavy atom. The van der Waals surface area contributed by atoms with E-state index in [2.05, 4.69) is 32.2 Å². The smallest absolute Gasteiger partial charge is 0.123 e. The molecule has 1 N–H and O–H groups in total. The summed E-state index contributed by atoms with van der Waals surface area (Å²) in [4.78, 5) is 2.71. The summed E-state index contributed by atoms with van der Waals surface area (Å²) >= 11 is 1.83. The quantitative estimate of drug-likeness (QED) is 0.832. The van der Waals surface area contributed by atoms with Gasteiger partial charge in [-0.3, -0.25) is 0 Å². The van der Waals surface area contributed by atoms with E-state index in [1.165, 1.54) is 21.4 Å². The lowest BCUT2D eigenvalue weighted by atomic mass is 10.0. The van der Waals surface area contributed by atoms with Gasteiger partial charge in [-0.1, -0.05) is 19.1 Å². The number of nitrogens with one attached hydrogen (secondary N) is 1.